The first kappa shape index (κ1) is 11.2. The predicted octanol–water partition coefficient (Wildman–Crippen LogP) is 3.24. The predicted molar refractivity (Wildman–Crippen MR) is 73.6 cm³/mol. The minimum atomic E-state index is 0.268. The van der Waals surface area contributed by atoms with Gasteiger partial charge >= 0.3 is 0 Å². The fourth-order valence-electron chi connectivity index (χ4n) is 2.67. The molecule has 1 heterocycles. The molecule has 90 valence electrons. The SMILES string of the molecule is CCc1nc2ccc(C3(CN)CCC3)cc2s1. The van der Waals surface area contributed by atoms with Crippen molar-refractivity contribution in [2.24, 2.45) is 5.73 Å². The van der Waals surface area contributed by atoms with Gasteiger partial charge in [-0.05, 0) is 37.0 Å². The number of aromatic nitrogens is 1. The topological polar surface area (TPSA) is 38.9 Å². The van der Waals surface area contributed by atoms with Gasteiger partial charge in [-0.3, -0.25) is 0 Å². The Balaban J connectivity index is 2.06. The summed E-state index contributed by atoms with van der Waals surface area (Å²) < 4.78 is 1.32. The molecule has 2 aromatic rings. The van der Waals surface area contributed by atoms with E-state index in [4.69, 9.17) is 5.73 Å². The quantitative estimate of drug-likeness (QED) is 0.903. The van der Waals surface area contributed by atoms with Crippen LogP contribution in [0, 0.1) is 0 Å². The summed E-state index contributed by atoms with van der Waals surface area (Å²) in [7, 11) is 0. The number of thiazole rings is 1. The third-order valence-electron chi connectivity index (χ3n) is 4.05. The number of rotatable bonds is 3. The van der Waals surface area contributed by atoms with Crippen LogP contribution in [0.15, 0.2) is 18.2 Å². The lowest BCUT2D eigenvalue weighted by molar-refractivity contribution is 0.253. The minimum Gasteiger partial charge on any atom is -0.330 e. The van der Waals surface area contributed by atoms with Gasteiger partial charge in [0, 0.05) is 12.0 Å². The highest BCUT2D eigenvalue weighted by molar-refractivity contribution is 7.18. The van der Waals surface area contributed by atoms with Crippen LogP contribution in [-0.4, -0.2) is 11.5 Å². The van der Waals surface area contributed by atoms with E-state index in [0.717, 1.165) is 18.5 Å². The van der Waals surface area contributed by atoms with Crippen molar-refractivity contribution in [3.05, 3.63) is 28.8 Å². The Kier molecular flexibility index (Phi) is 2.68. The summed E-state index contributed by atoms with van der Waals surface area (Å²) in [6.45, 7) is 2.93. The Hall–Kier alpha value is -0.930. The molecule has 17 heavy (non-hydrogen) atoms. The molecule has 2 nitrogen and oxygen atoms in total. The maximum Gasteiger partial charge on any atom is 0.0935 e. The lowest BCUT2D eigenvalue weighted by atomic mass is 9.64. The Morgan fingerprint density at radius 3 is 2.82 bits per heavy atom. The van der Waals surface area contributed by atoms with Gasteiger partial charge in [-0.1, -0.05) is 19.4 Å². The van der Waals surface area contributed by atoms with Crippen LogP contribution in [0.4, 0.5) is 0 Å². The molecule has 0 atom stereocenters. The highest BCUT2D eigenvalue weighted by Gasteiger charge is 2.37. The van der Waals surface area contributed by atoms with E-state index >= 15 is 0 Å². The Labute approximate surface area is 106 Å². The summed E-state index contributed by atoms with van der Waals surface area (Å²) in [5.74, 6) is 0. The van der Waals surface area contributed by atoms with Gasteiger partial charge in [-0.25, -0.2) is 4.98 Å². The number of nitrogens with two attached hydrogens (primary N) is 1. The zero-order chi connectivity index (χ0) is 11.9. The average molecular weight is 246 g/mol. The summed E-state index contributed by atoms with van der Waals surface area (Å²) in [6.07, 6.45) is 4.83. The van der Waals surface area contributed by atoms with Gasteiger partial charge in [-0.15, -0.1) is 11.3 Å². The summed E-state index contributed by atoms with van der Waals surface area (Å²) in [6, 6.07) is 6.71. The number of benzene rings is 1. The number of nitrogens with zero attached hydrogens (tertiary/aromatic N) is 1. The van der Waals surface area contributed by atoms with Crippen molar-refractivity contribution in [1.29, 1.82) is 0 Å². The summed E-state index contributed by atoms with van der Waals surface area (Å²) >= 11 is 1.82. The van der Waals surface area contributed by atoms with Crippen molar-refractivity contribution in [1.82, 2.24) is 4.98 Å². The highest BCUT2D eigenvalue weighted by Crippen LogP contribution is 2.43. The van der Waals surface area contributed by atoms with E-state index in [1.54, 1.807) is 0 Å². The fourth-order valence-corrected chi connectivity index (χ4v) is 3.61. The molecule has 1 aliphatic rings. The van der Waals surface area contributed by atoms with Crippen LogP contribution < -0.4 is 5.73 Å². The second kappa shape index (κ2) is 4.07. The second-order valence-corrected chi connectivity index (χ2v) is 6.10. The van der Waals surface area contributed by atoms with Gasteiger partial charge in [-0.2, -0.15) is 0 Å². The number of fused-ring (bicyclic) bond motifs is 1. The average Bonchev–Trinajstić information content (AvgIpc) is 2.70. The van der Waals surface area contributed by atoms with Crippen LogP contribution in [0.25, 0.3) is 10.2 Å². The largest absolute Gasteiger partial charge is 0.330 e. The zero-order valence-corrected chi connectivity index (χ0v) is 11.0. The van der Waals surface area contributed by atoms with Crippen molar-refractivity contribution >= 4 is 21.6 Å². The van der Waals surface area contributed by atoms with Crippen LogP contribution in [0.3, 0.4) is 0 Å². The molecule has 3 rings (SSSR count). The van der Waals surface area contributed by atoms with E-state index < -0.39 is 0 Å². The lowest BCUT2D eigenvalue weighted by Crippen LogP contribution is -2.41. The maximum atomic E-state index is 5.96. The molecule has 0 bridgehead atoms. The minimum absolute atomic E-state index is 0.268. The molecular weight excluding hydrogens is 228 g/mol. The zero-order valence-electron chi connectivity index (χ0n) is 10.2. The molecule has 0 radical (unpaired) electrons. The Morgan fingerprint density at radius 2 is 2.24 bits per heavy atom. The van der Waals surface area contributed by atoms with Crippen LogP contribution in [0.2, 0.25) is 0 Å². The van der Waals surface area contributed by atoms with Crippen LogP contribution in [0.1, 0.15) is 36.8 Å². The first-order valence-electron chi connectivity index (χ1n) is 6.37. The van der Waals surface area contributed by atoms with Crippen molar-refractivity contribution in [3.8, 4) is 0 Å². The second-order valence-electron chi connectivity index (χ2n) is 4.98. The molecule has 0 amide bonds. The number of hydrogen-bond donors (Lipinski definition) is 1. The third-order valence-corrected chi connectivity index (χ3v) is 5.21. The fraction of sp³-hybridized carbons (Fsp3) is 0.500. The normalized spacial score (nSPS) is 18.2. The van der Waals surface area contributed by atoms with E-state index in [9.17, 15) is 0 Å². The van der Waals surface area contributed by atoms with E-state index in [2.05, 4.69) is 30.1 Å². The number of aryl methyl sites for hydroxylation is 1. The highest BCUT2D eigenvalue weighted by atomic mass is 32.1. The number of hydrogen-bond acceptors (Lipinski definition) is 3. The molecule has 1 aromatic heterocycles. The summed E-state index contributed by atoms with van der Waals surface area (Å²) in [4.78, 5) is 4.61. The van der Waals surface area contributed by atoms with Crippen LogP contribution in [0.5, 0.6) is 0 Å². The molecular formula is C14H18N2S. The molecule has 0 aliphatic heterocycles. The molecule has 3 heteroatoms. The first-order valence-corrected chi connectivity index (χ1v) is 7.19. The Bertz CT molecular complexity index is 535. The third kappa shape index (κ3) is 1.69. The molecule has 0 unspecified atom stereocenters. The Morgan fingerprint density at radius 1 is 1.41 bits per heavy atom. The van der Waals surface area contributed by atoms with Crippen molar-refractivity contribution < 1.29 is 0 Å². The molecule has 0 spiro atoms. The standard InChI is InChI=1S/C14H18N2S/c1-2-13-16-11-5-4-10(8-12(11)17-13)14(9-15)6-3-7-14/h4-5,8H,2-3,6-7,9,15H2,1H3. The molecule has 1 aromatic carbocycles. The summed E-state index contributed by atoms with van der Waals surface area (Å²) in [5, 5.41) is 1.23. The van der Waals surface area contributed by atoms with Crippen LogP contribution in [-0.2, 0) is 11.8 Å². The van der Waals surface area contributed by atoms with Gasteiger partial charge < -0.3 is 5.73 Å². The first-order chi connectivity index (χ1) is 8.27. The molecule has 2 N–H and O–H groups in total. The van der Waals surface area contributed by atoms with E-state index in [0.29, 0.717) is 0 Å². The van der Waals surface area contributed by atoms with Gasteiger partial charge in [0.2, 0.25) is 0 Å². The van der Waals surface area contributed by atoms with E-state index in [1.165, 1.54) is 34.5 Å². The molecule has 1 saturated carbocycles. The van der Waals surface area contributed by atoms with Gasteiger partial charge in [0.15, 0.2) is 0 Å². The van der Waals surface area contributed by atoms with Crippen molar-refractivity contribution in [2.75, 3.05) is 6.54 Å². The van der Waals surface area contributed by atoms with Gasteiger partial charge in [0.25, 0.3) is 0 Å². The van der Waals surface area contributed by atoms with E-state index in [1.807, 2.05) is 11.3 Å². The van der Waals surface area contributed by atoms with Gasteiger partial charge in [0.05, 0.1) is 15.2 Å². The molecule has 1 aliphatic carbocycles. The molecule has 1 fully saturated rings. The lowest BCUT2D eigenvalue weighted by Gasteiger charge is -2.41. The molecule has 0 saturated heterocycles. The smallest absolute Gasteiger partial charge is 0.0935 e. The van der Waals surface area contributed by atoms with Crippen molar-refractivity contribution in [2.45, 2.75) is 38.0 Å². The van der Waals surface area contributed by atoms with Gasteiger partial charge in [0.1, 0.15) is 0 Å². The summed E-state index contributed by atoms with van der Waals surface area (Å²) in [5.41, 5.74) is 8.79. The van der Waals surface area contributed by atoms with E-state index in [-0.39, 0.29) is 5.41 Å². The monoisotopic (exact) mass is 246 g/mol. The van der Waals surface area contributed by atoms with Crippen molar-refractivity contribution in [3.63, 3.8) is 0 Å². The van der Waals surface area contributed by atoms with Crippen LogP contribution >= 0.6 is 11.3 Å². The maximum absolute atomic E-state index is 5.96.